The van der Waals surface area contributed by atoms with Gasteiger partial charge in [-0.3, -0.25) is 9.80 Å². The van der Waals surface area contributed by atoms with Crippen LogP contribution in [0.2, 0.25) is 0 Å². The van der Waals surface area contributed by atoms with Gasteiger partial charge in [0.15, 0.2) is 0 Å². The molecular weight excluding hydrogens is 174 g/mol. The first-order valence-electron chi connectivity index (χ1n) is 5.73. The lowest BCUT2D eigenvalue weighted by Crippen LogP contribution is -2.40. The first-order valence-corrected chi connectivity index (χ1v) is 5.73. The van der Waals surface area contributed by atoms with E-state index >= 15 is 0 Å². The molecule has 0 spiro atoms. The Morgan fingerprint density at radius 2 is 1.93 bits per heavy atom. The molecule has 78 valence electrons. The van der Waals surface area contributed by atoms with Crippen LogP contribution in [0.3, 0.4) is 0 Å². The number of nitriles is 1. The molecule has 0 aromatic heterocycles. The van der Waals surface area contributed by atoms with Crippen LogP contribution < -0.4 is 0 Å². The number of hydrogen-bond donors (Lipinski definition) is 0. The van der Waals surface area contributed by atoms with E-state index in [-0.39, 0.29) is 0 Å². The average molecular weight is 193 g/mol. The van der Waals surface area contributed by atoms with Gasteiger partial charge in [0.1, 0.15) is 0 Å². The van der Waals surface area contributed by atoms with Crippen LogP contribution in [-0.2, 0) is 0 Å². The molecule has 2 aliphatic heterocycles. The fourth-order valence-corrected chi connectivity index (χ4v) is 2.64. The summed E-state index contributed by atoms with van der Waals surface area (Å²) in [7, 11) is 0. The van der Waals surface area contributed by atoms with E-state index in [4.69, 9.17) is 5.26 Å². The van der Waals surface area contributed by atoms with Crippen molar-refractivity contribution in [3.63, 3.8) is 0 Å². The number of piperidine rings is 1. The van der Waals surface area contributed by atoms with Crippen LogP contribution in [0.5, 0.6) is 0 Å². The molecule has 1 atom stereocenters. The van der Waals surface area contributed by atoms with E-state index in [0.29, 0.717) is 6.54 Å². The van der Waals surface area contributed by atoms with Gasteiger partial charge in [-0.15, -0.1) is 0 Å². The van der Waals surface area contributed by atoms with E-state index < -0.39 is 0 Å². The molecule has 2 saturated heterocycles. The Morgan fingerprint density at radius 3 is 2.64 bits per heavy atom. The Bertz CT molecular complexity index is 215. The van der Waals surface area contributed by atoms with Crippen LogP contribution in [0.4, 0.5) is 0 Å². The van der Waals surface area contributed by atoms with Crippen molar-refractivity contribution in [1.82, 2.24) is 9.80 Å². The summed E-state index contributed by atoms with van der Waals surface area (Å²) < 4.78 is 0. The predicted molar refractivity (Wildman–Crippen MR) is 55.9 cm³/mol. The van der Waals surface area contributed by atoms with Gasteiger partial charge in [-0.1, -0.05) is 6.42 Å². The third-order valence-corrected chi connectivity index (χ3v) is 3.45. The summed E-state index contributed by atoms with van der Waals surface area (Å²) in [5.41, 5.74) is 0. The Morgan fingerprint density at radius 1 is 1.14 bits per heavy atom. The van der Waals surface area contributed by atoms with Crippen molar-refractivity contribution in [2.24, 2.45) is 0 Å². The summed E-state index contributed by atoms with van der Waals surface area (Å²) >= 11 is 0. The van der Waals surface area contributed by atoms with Gasteiger partial charge in [-0.05, 0) is 32.4 Å². The van der Waals surface area contributed by atoms with Gasteiger partial charge >= 0.3 is 0 Å². The highest BCUT2D eigenvalue weighted by Gasteiger charge is 2.27. The number of nitrogens with zero attached hydrogens (tertiary/aromatic N) is 3. The average Bonchev–Trinajstić information content (AvgIpc) is 2.68. The minimum Gasteiger partial charge on any atom is -0.299 e. The maximum Gasteiger partial charge on any atom is 0.0866 e. The minimum atomic E-state index is 0.615. The molecule has 2 fully saturated rings. The van der Waals surface area contributed by atoms with Crippen molar-refractivity contribution in [3.8, 4) is 6.07 Å². The summed E-state index contributed by atoms with van der Waals surface area (Å²) in [4.78, 5) is 4.90. The van der Waals surface area contributed by atoms with Crippen molar-refractivity contribution in [2.45, 2.75) is 31.7 Å². The largest absolute Gasteiger partial charge is 0.299 e. The number of likely N-dealkylation sites (tertiary alicyclic amines) is 2. The molecule has 0 N–H and O–H groups in total. The quantitative estimate of drug-likeness (QED) is 0.615. The molecule has 0 aliphatic carbocycles. The molecule has 3 heteroatoms. The highest BCUT2D eigenvalue weighted by Crippen LogP contribution is 2.19. The molecular formula is C11H19N3. The van der Waals surface area contributed by atoms with E-state index in [0.717, 1.165) is 19.1 Å². The van der Waals surface area contributed by atoms with E-state index in [1.807, 2.05) is 0 Å². The fraction of sp³-hybridized carbons (Fsp3) is 0.909. The zero-order chi connectivity index (χ0) is 9.80. The highest BCUT2D eigenvalue weighted by atomic mass is 15.3. The van der Waals surface area contributed by atoms with Crippen molar-refractivity contribution >= 4 is 0 Å². The Hall–Kier alpha value is -0.590. The first-order chi connectivity index (χ1) is 6.90. The normalized spacial score (nSPS) is 30.4. The van der Waals surface area contributed by atoms with Gasteiger partial charge in [0.2, 0.25) is 0 Å². The number of rotatable bonds is 2. The van der Waals surface area contributed by atoms with E-state index in [1.165, 1.54) is 38.8 Å². The van der Waals surface area contributed by atoms with Crippen LogP contribution in [0.15, 0.2) is 0 Å². The van der Waals surface area contributed by atoms with E-state index in [1.54, 1.807) is 0 Å². The Kier molecular flexibility index (Phi) is 3.39. The smallest absolute Gasteiger partial charge is 0.0866 e. The lowest BCUT2D eigenvalue weighted by molar-refractivity contribution is 0.164. The minimum absolute atomic E-state index is 0.615. The predicted octanol–water partition coefficient (Wildman–Crippen LogP) is 1.07. The first kappa shape index (κ1) is 9.95. The van der Waals surface area contributed by atoms with Gasteiger partial charge in [0.25, 0.3) is 0 Å². The Balaban J connectivity index is 1.79. The molecule has 1 unspecified atom stereocenters. The maximum absolute atomic E-state index is 8.62. The van der Waals surface area contributed by atoms with Crippen LogP contribution in [0.1, 0.15) is 25.7 Å². The molecule has 2 heterocycles. The zero-order valence-electron chi connectivity index (χ0n) is 8.78. The fourth-order valence-electron chi connectivity index (χ4n) is 2.64. The van der Waals surface area contributed by atoms with Crippen LogP contribution in [-0.4, -0.2) is 48.6 Å². The second-order valence-corrected chi connectivity index (χ2v) is 4.43. The second kappa shape index (κ2) is 4.77. The summed E-state index contributed by atoms with van der Waals surface area (Å²) in [5.74, 6) is 0. The molecule has 0 amide bonds. The van der Waals surface area contributed by atoms with Crippen molar-refractivity contribution in [2.75, 3.05) is 32.7 Å². The maximum atomic E-state index is 8.62. The third-order valence-electron chi connectivity index (χ3n) is 3.45. The molecule has 0 aromatic carbocycles. The molecule has 2 aliphatic rings. The summed E-state index contributed by atoms with van der Waals surface area (Å²) in [5, 5.41) is 8.62. The lowest BCUT2D eigenvalue weighted by Gasteiger charge is -2.32. The lowest BCUT2D eigenvalue weighted by atomic mass is 10.1. The molecule has 0 saturated carbocycles. The van der Waals surface area contributed by atoms with Crippen molar-refractivity contribution in [1.29, 1.82) is 5.26 Å². The van der Waals surface area contributed by atoms with E-state index in [2.05, 4.69) is 15.9 Å². The summed E-state index contributed by atoms with van der Waals surface area (Å²) in [6.07, 6.45) is 5.41. The summed E-state index contributed by atoms with van der Waals surface area (Å²) in [6, 6.07) is 2.98. The molecule has 0 bridgehead atoms. The molecule has 3 nitrogen and oxygen atoms in total. The summed E-state index contributed by atoms with van der Waals surface area (Å²) in [6.45, 7) is 5.42. The third kappa shape index (κ3) is 2.26. The van der Waals surface area contributed by atoms with Gasteiger partial charge in [-0.2, -0.15) is 5.26 Å². The number of hydrogen-bond acceptors (Lipinski definition) is 3. The van der Waals surface area contributed by atoms with E-state index in [9.17, 15) is 0 Å². The van der Waals surface area contributed by atoms with Gasteiger partial charge in [0, 0.05) is 19.1 Å². The zero-order valence-corrected chi connectivity index (χ0v) is 8.78. The van der Waals surface area contributed by atoms with Gasteiger partial charge in [-0.25, -0.2) is 0 Å². The van der Waals surface area contributed by atoms with Crippen LogP contribution in [0.25, 0.3) is 0 Å². The Labute approximate surface area is 86.3 Å². The van der Waals surface area contributed by atoms with Gasteiger partial charge < -0.3 is 0 Å². The van der Waals surface area contributed by atoms with Crippen molar-refractivity contribution in [3.05, 3.63) is 0 Å². The van der Waals surface area contributed by atoms with Crippen LogP contribution in [0, 0.1) is 11.3 Å². The molecule has 2 rings (SSSR count). The SMILES string of the molecule is N#CCN1CCC(N2CCCCC2)C1. The molecule has 14 heavy (non-hydrogen) atoms. The van der Waals surface area contributed by atoms with Gasteiger partial charge in [0.05, 0.1) is 12.6 Å². The highest BCUT2D eigenvalue weighted by molar-refractivity contribution is 4.88. The standard InChI is InChI=1S/C11H19N3/c12-5-9-13-8-4-11(10-13)14-6-2-1-3-7-14/h11H,1-4,6-10H2. The van der Waals surface area contributed by atoms with Crippen LogP contribution >= 0.6 is 0 Å². The monoisotopic (exact) mass is 193 g/mol. The topological polar surface area (TPSA) is 30.3 Å². The molecule has 0 aromatic rings. The second-order valence-electron chi connectivity index (χ2n) is 4.43. The van der Waals surface area contributed by atoms with Crippen molar-refractivity contribution < 1.29 is 0 Å². The molecule has 0 radical (unpaired) electrons.